The van der Waals surface area contributed by atoms with Crippen molar-refractivity contribution < 1.29 is 19.2 Å². The summed E-state index contributed by atoms with van der Waals surface area (Å²) >= 11 is 0. The largest absolute Gasteiger partial charge is 0.370 e. The van der Waals surface area contributed by atoms with Crippen LogP contribution < -0.4 is 15.8 Å². The zero-order valence-corrected chi connectivity index (χ0v) is 17.1. The van der Waals surface area contributed by atoms with Crippen molar-refractivity contribution in [2.24, 2.45) is 0 Å². The molecule has 0 atom stereocenters. The molecule has 158 valence electrons. The number of hydrogen-bond acceptors (Lipinski definition) is 4. The van der Waals surface area contributed by atoms with E-state index in [2.05, 4.69) is 5.32 Å². The van der Waals surface area contributed by atoms with Gasteiger partial charge in [-0.15, -0.1) is 0 Å². The molecule has 0 spiro atoms. The van der Waals surface area contributed by atoms with Crippen LogP contribution in [0.25, 0.3) is 5.69 Å². The highest BCUT2D eigenvalue weighted by molar-refractivity contribution is 6.01. The fraction of sp³-hybridized carbons (Fsp3) is 0.435. The summed E-state index contributed by atoms with van der Waals surface area (Å²) in [6.45, 7) is 5.00. The van der Waals surface area contributed by atoms with Gasteiger partial charge in [0, 0.05) is 36.3 Å². The van der Waals surface area contributed by atoms with Crippen LogP contribution >= 0.6 is 0 Å². The minimum Gasteiger partial charge on any atom is -0.370 e. The number of nitrogens with one attached hydrogen (secondary N) is 2. The summed E-state index contributed by atoms with van der Waals surface area (Å²) in [5.41, 5.74) is 1.54. The molecule has 0 radical (unpaired) electrons. The molecule has 0 bridgehead atoms. The molecule has 30 heavy (non-hydrogen) atoms. The Labute approximate surface area is 175 Å². The van der Waals surface area contributed by atoms with Gasteiger partial charge in [-0.2, -0.15) is 0 Å². The topological polar surface area (TPSA) is 81.8 Å². The second-order valence-electron chi connectivity index (χ2n) is 7.89. The van der Waals surface area contributed by atoms with Gasteiger partial charge in [0.2, 0.25) is 0 Å². The molecule has 0 unspecified atom stereocenters. The van der Waals surface area contributed by atoms with E-state index in [1.54, 1.807) is 4.57 Å². The van der Waals surface area contributed by atoms with Crippen molar-refractivity contribution in [3.05, 3.63) is 63.6 Å². The zero-order valence-electron chi connectivity index (χ0n) is 17.1. The number of hydrogen-bond donors (Lipinski definition) is 2. The molecule has 1 aromatic heterocycles. The zero-order chi connectivity index (χ0) is 20.9. The predicted octanol–water partition coefficient (Wildman–Crippen LogP) is 0.392. The molecule has 2 heterocycles. The Morgan fingerprint density at radius 3 is 2.63 bits per heavy atom. The number of para-hydroxylation sites is 1. The van der Waals surface area contributed by atoms with Gasteiger partial charge >= 0.3 is 0 Å². The fourth-order valence-electron chi connectivity index (χ4n) is 4.25. The Morgan fingerprint density at radius 1 is 1.10 bits per heavy atom. The summed E-state index contributed by atoms with van der Waals surface area (Å²) in [5, 5.41) is 2.87. The van der Waals surface area contributed by atoms with Crippen LogP contribution in [0.15, 0.2) is 41.2 Å². The molecule has 2 aliphatic rings. The van der Waals surface area contributed by atoms with Gasteiger partial charge in [0.05, 0.1) is 19.8 Å². The first kappa shape index (κ1) is 20.5. The number of benzene rings is 1. The second-order valence-corrected chi connectivity index (χ2v) is 7.89. The fourth-order valence-corrected chi connectivity index (χ4v) is 4.25. The quantitative estimate of drug-likeness (QED) is 0.675. The smallest absolute Gasteiger partial charge is 0.268 e. The van der Waals surface area contributed by atoms with Crippen molar-refractivity contribution in [2.45, 2.75) is 25.7 Å². The lowest BCUT2D eigenvalue weighted by Crippen LogP contribution is -3.14. The summed E-state index contributed by atoms with van der Waals surface area (Å²) in [5.74, 6) is -0.422. The van der Waals surface area contributed by atoms with Gasteiger partial charge in [0.25, 0.3) is 11.5 Å². The van der Waals surface area contributed by atoms with Crippen molar-refractivity contribution in [3.63, 3.8) is 0 Å². The van der Waals surface area contributed by atoms with Gasteiger partial charge < -0.3 is 15.0 Å². The summed E-state index contributed by atoms with van der Waals surface area (Å²) in [6, 6.07) is 10.7. The Balaban J connectivity index is 1.55. The van der Waals surface area contributed by atoms with E-state index < -0.39 is 5.91 Å². The van der Waals surface area contributed by atoms with Crippen molar-refractivity contribution >= 4 is 11.7 Å². The maximum atomic E-state index is 13.2. The van der Waals surface area contributed by atoms with Crippen molar-refractivity contribution in [1.29, 1.82) is 0 Å². The third-order valence-corrected chi connectivity index (χ3v) is 5.87. The van der Waals surface area contributed by atoms with Gasteiger partial charge in [-0.05, 0) is 31.0 Å². The lowest BCUT2D eigenvalue weighted by atomic mass is 9.92. The highest BCUT2D eigenvalue weighted by Crippen LogP contribution is 2.23. The second kappa shape index (κ2) is 9.36. The molecule has 1 saturated heterocycles. The molecule has 0 saturated carbocycles. The first-order valence-electron chi connectivity index (χ1n) is 10.7. The average Bonchev–Trinajstić information content (AvgIpc) is 2.78. The number of ketones is 1. The van der Waals surface area contributed by atoms with Gasteiger partial charge in [0.15, 0.2) is 5.78 Å². The van der Waals surface area contributed by atoms with Crippen LogP contribution in [0.2, 0.25) is 0 Å². The first-order valence-corrected chi connectivity index (χ1v) is 10.7. The minimum absolute atomic E-state index is 0.00843. The summed E-state index contributed by atoms with van der Waals surface area (Å²) in [6.07, 6.45) is 2.64. The van der Waals surface area contributed by atoms with E-state index in [0.717, 1.165) is 39.3 Å². The summed E-state index contributed by atoms with van der Waals surface area (Å²) in [7, 11) is 0. The number of nitrogens with zero attached hydrogens (tertiary/aromatic N) is 1. The van der Waals surface area contributed by atoms with Gasteiger partial charge in [-0.3, -0.25) is 19.0 Å². The van der Waals surface area contributed by atoms with Crippen LogP contribution in [-0.2, 0) is 11.2 Å². The van der Waals surface area contributed by atoms with E-state index in [-0.39, 0.29) is 16.9 Å². The van der Waals surface area contributed by atoms with Crippen molar-refractivity contribution in [2.75, 3.05) is 39.4 Å². The third-order valence-electron chi connectivity index (χ3n) is 5.87. The van der Waals surface area contributed by atoms with Crippen LogP contribution in [0.1, 0.15) is 45.7 Å². The third kappa shape index (κ3) is 4.37. The Kier molecular flexibility index (Phi) is 6.40. The Hall–Kier alpha value is -2.77. The molecule has 1 amide bonds. The number of pyridine rings is 1. The van der Waals surface area contributed by atoms with E-state index in [9.17, 15) is 14.4 Å². The molecule has 2 aromatic rings. The molecular weight excluding hydrogens is 382 g/mol. The lowest BCUT2D eigenvalue weighted by molar-refractivity contribution is -0.908. The van der Waals surface area contributed by atoms with E-state index in [1.165, 1.54) is 11.0 Å². The van der Waals surface area contributed by atoms with E-state index in [1.807, 2.05) is 30.3 Å². The first-order chi connectivity index (χ1) is 14.6. The standard InChI is InChI=1S/C23H27N3O4/c27-21-9-4-8-20-18(21)16-19(23(29)26(20)17-6-2-1-3-7-17)22(28)24-10-5-11-25-12-14-30-15-13-25/h1-3,6-7,16H,4-5,8-15H2,(H,24,28)/p+1. The van der Waals surface area contributed by atoms with Crippen LogP contribution in [0.3, 0.4) is 0 Å². The number of morpholine rings is 1. The molecule has 1 aliphatic heterocycles. The van der Waals surface area contributed by atoms with Crippen LogP contribution in [0.5, 0.6) is 0 Å². The molecule has 2 N–H and O–H groups in total. The van der Waals surface area contributed by atoms with Crippen LogP contribution in [0.4, 0.5) is 0 Å². The summed E-state index contributed by atoms with van der Waals surface area (Å²) < 4.78 is 6.90. The van der Waals surface area contributed by atoms with E-state index >= 15 is 0 Å². The lowest BCUT2D eigenvalue weighted by Gasteiger charge is -2.23. The molecule has 4 rings (SSSR count). The number of fused-ring (bicyclic) bond motifs is 1. The van der Waals surface area contributed by atoms with E-state index in [0.29, 0.717) is 42.8 Å². The minimum atomic E-state index is -0.414. The predicted molar refractivity (Wildman–Crippen MR) is 113 cm³/mol. The van der Waals surface area contributed by atoms with Crippen LogP contribution in [0, 0.1) is 0 Å². The molecule has 7 nitrogen and oxygen atoms in total. The SMILES string of the molecule is O=C1CCCc2c1cc(C(=O)NCCC[NH+]1CCOCC1)c(=O)n2-c1ccccc1. The molecule has 1 fully saturated rings. The molecule has 1 aliphatic carbocycles. The number of Topliss-reactive ketones (excluding diaryl/α,β-unsaturated/α-hetero) is 1. The van der Waals surface area contributed by atoms with Crippen LogP contribution in [-0.4, -0.2) is 55.7 Å². The molecule has 1 aromatic carbocycles. The molecular formula is C23H28N3O4+. The number of ether oxygens (including phenoxy) is 1. The monoisotopic (exact) mass is 410 g/mol. The van der Waals surface area contributed by atoms with Gasteiger partial charge in [0.1, 0.15) is 18.7 Å². The van der Waals surface area contributed by atoms with Crippen molar-refractivity contribution in [1.82, 2.24) is 9.88 Å². The van der Waals surface area contributed by atoms with Gasteiger partial charge in [-0.25, -0.2) is 0 Å². The maximum absolute atomic E-state index is 13.2. The normalized spacial score (nSPS) is 16.9. The van der Waals surface area contributed by atoms with E-state index in [4.69, 9.17) is 4.74 Å². The Bertz CT molecular complexity index is 978. The number of aromatic nitrogens is 1. The number of amides is 1. The highest BCUT2D eigenvalue weighted by atomic mass is 16.5. The number of carbonyl (C=O) groups is 2. The number of carbonyl (C=O) groups excluding carboxylic acids is 2. The number of rotatable bonds is 6. The number of quaternary nitrogens is 1. The average molecular weight is 410 g/mol. The molecule has 7 heteroatoms. The Morgan fingerprint density at radius 2 is 1.87 bits per heavy atom. The highest BCUT2D eigenvalue weighted by Gasteiger charge is 2.26. The summed E-state index contributed by atoms with van der Waals surface area (Å²) in [4.78, 5) is 40.1. The van der Waals surface area contributed by atoms with Crippen molar-refractivity contribution in [3.8, 4) is 5.69 Å². The maximum Gasteiger partial charge on any atom is 0.268 e. The van der Waals surface area contributed by atoms with Gasteiger partial charge in [-0.1, -0.05) is 18.2 Å².